The summed E-state index contributed by atoms with van der Waals surface area (Å²) in [6.07, 6.45) is 1.78. The maximum Gasteiger partial charge on any atom is 0.231 e. The molecule has 0 bridgehead atoms. The van der Waals surface area contributed by atoms with Gasteiger partial charge in [-0.2, -0.15) is 0 Å². The number of hydrogen-bond donors (Lipinski definition) is 1. The third kappa shape index (κ3) is 2.26. The smallest absolute Gasteiger partial charge is 0.231 e. The van der Waals surface area contributed by atoms with Crippen molar-refractivity contribution < 1.29 is 9.47 Å². The molecular weight excluding hydrogens is 296 g/mol. The van der Waals surface area contributed by atoms with Crippen molar-refractivity contribution in [3.8, 4) is 11.5 Å². The number of pyridine rings is 1. The van der Waals surface area contributed by atoms with Gasteiger partial charge in [-0.3, -0.25) is 0 Å². The molecule has 1 N–H and O–H groups in total. The lowest BCUT2D eigenvalue weighted by Gasteiger charge is -2.08. The molecule has 0 fully saturated rings. The highest BCUT2D eigenvalue weighted by molar-refractivity contribution is 9.10. The van der Waals surface area contributed by atoms with Gasteiger partial charge in [-0.25, -0.2) is 4.98 Å². The van der Waals surface area contributed by atoms with Crippen LogP contribution in [0.25, 0.3) is 0 Å². The van der Waals surface area contributed by atoms with Crippen molar-refractivity contribution in [1.29, 1.82) is 0 Å². The highest BCUT2D eigenvalue weighted by Gasteiger charge is 2.16. The minimum Gasteiger partial charge on any atom is -0.454 e. The molecule has 2 aromatic rings. The SMILES string of the molecule is Brc1ccc(NCc2cccc3c2OCO3)cn1. The predicted molar refractivity (Wildman–Crippen MR) is 71.8 cm³/mol. The zero-order valence-electron chi connectivity index (χ0n) is 9.52. The third-order valence-corrected chi connectivity index (χ3v) is 3.16. The summed E-state index contributed by atoms with van der Waals surface area (Å²) in [7, 11) is 0. The van der Waals surface area contributed by atoms with Crippen molar-refractivity contribution in [2.24, 2.45) is 0 Å². The molecule has 0 spiro atoms. The zero-order chi connectivity index (χ0) is 12.4. The summed E-state index contributed by atoms with van der Waals surface area (Å²) < 4.78 is 11.6. The molecule has 5 heteroatoms. The number of halogens is 1. The molecule has 1 aromatic carbocycles. The van der Waals surface area contributed by atoms with Gasteiger partial charge in [-0.05, 0) is 34.1 Å². The lowest BCUT2D eigenvalue weighted by Crippen LogP contribution is -2.01. The third-order valence-electron chi connectivity index (χ3n) is 2.69. The Balaban J connectivity index is 1.74. The van der Waals surface area contributed by atoms with Crippen LogP contribution < -0.4 is 14.8 Å². The summed E-state index contributed by atoms with van der Waals surface area (Å²) in [4.78, 5) is 4.16. The molecule has 1 aliphatic heterocycles. The Bertz CT molecular complexity index is 557. The largest absolute Gasteiger partial charge is 0.454 e. The van der Waals surface area contributed by atoms with E-state index in [1.807, 2.05) is 30.3 Å². The van der Waals surface area contributed by atoms with Crippen molar-refractivity contribution in [2.45, 2.75) is 6.54 Å². The quantitative estimate of drug-likeness (QED) is 0.885. The fourth-order valence-corrected chi connectivity index (χ4v) is 2.04. The second kappa shape index (κ2) is 4.86. The molecular formula is C13H11BrN2O2. The first kappa shape index (κ1) is 11.3. The molecule has 2 heterocycles. The van der Waals surface area contributed by atoms with Crippen molar-refractivity contribution in [1.82, 2.24) is 4.98 Å². The zero-order valence-corrected chi connectivity index (χ0v) is 11.1. The van der Waals surface area contributed by atoms with E-state index in [0.717, 1.165) is 27.4 Å². The Morgan fingerprint density at radius 3 is 3.00 bits per heavy atom. The number of hydrogen-bond acceptors (Lipinski definition) is 4. The van der Waals surface area contributed by atoms with Crippen molar-refractivity contribution in [3.05, 3.63) is 46.7 Å². The van der Waals surface area contributed by atoms with Gasteiger partial charge in [0.05, 0.1) is 11.9 Å². The molecule has 1 aliphatic rings. The number of rotatable bonds is 3. The van der Waals surface area contributed by atoms with Crippen LogP contribution in [-0.2, 0) is 6.54 Å². The number of nitrogens with one attached hydrogen (secondary N) is 1. The van der Waals surface area contributed by atoms with Crippen molar-refractivity contribution >= 4 is 21.6 Å². The molecule has 92 valence electrons. The van der Waals surface area contributed by atoms with Gasteiger partial charge in [-0.15, -0.1) is 0 Å². The van der Waals surface area contributed by atoms with Crippen LogP contribution in [0.2, 0.25) is 0 Å². The van der Waals surface area contributed by atoms with Gasteiger partial charge in [-0.1, -0.05) is 12.1 Å². The fraction of sp³-hybridized carbons (Fsp3) is 0.154. The van der Waals surface area contributed by atoms with Gasteiger partial charge in [0.1, 0.15) is 4.60 Å². The molecule has 0 saturated heterocycles. The van der Waals surface area contributed by atoms with E-state index < -0.39 is 0 Å². The van der Waals surface area contributed by atoms with E-state index in [4.69, 9.17) is 9.47 Å². The Morgan fingerprint density at radius 2 is 2.17 bits per heavy atom. The topological polar surface area (TPSA) is 43.4 Å². The molecule has 4 nitrogen and oxygen atoms in total. The normalized spacial score (nSPS) is 12.5. The average Bonchev–Trinajstić information content (AvgIpc) is 2.87. The Hall–Kier alpha value is -1.75. The molecule has 0 unspecified atom stereocenters. The number of benzene rings is 1. The Labute approximate surface area is 113 Å². The van der Waals surface area contributed by atoms with E-state index >= 15 is 0 Å². The number of nitrogens with zero attached hydrogens (tertiary/aromatic N) is 1. The minimum absolute atomic E-state index is 0.298. The van der Waals surface area contributed by atoms with Gasteiger partial charge in [0, 0.05) is 12.1 Å². The maximum atomic E-state index is 5.45. The maximum absolute atomic E-state index is 5.45. The van der Waals surface area contributed by atoms with Crippen LogP contribution in [0.1, 0.15) is 5.56 Å². The van der Waals surface area contributed by atoms with Crippen LogP contribution in [0, 0.1) is 0 Å². The van der Waals surface area contributed by atoms with Gasteiger partial charge in [0.25, 0.3) is 0 Å². The second-order valence-corrected chi connectivity index (χ2v) is 4.69. The summed E-state index contributed by atoms with van der Waals surface area (Å²) in [6, 6.07) is 9.76. The van der Waals surface area contributed by atoms with Gasteiger partial charge in [0.15, 0.2) is 11.5 Å². The van der Waals surface area contributed by atoms with E-state index in [1.54, 1.807) is 6.20 Å². The highest BCUT2D eigenvalue weighted by atomic mass is 79.9. The summed E-state index contributed by atoms with van der Waals surface area (Å²) in [5.41, 5.74) is 2.04. The van der Waals surface area contributed by atoms with Crippen molar-refractivity contribution in [3.63, 3.8) is 0 Å². The number of fused-ring (bicyclic) bond motifs is 1. The molecule has 3 rings (SSSR count). The first-order chi connectivity index (χ1) is 8.83. The van der Waals surface area contributed by atoms with Crippen LogP contribution in [-0.4, -0.2) is 11.8 Å². The lowest BCUT2D eigenvalue weighted by molar-refractivity contribution is 0.173. The molecule has 0 radical (unpaired) electrons. The van der Waals surface area contributed by atoms with E-state index in [9.17, 15) is 0 Å². The van der Waals surface area contributed by atoms with Crippen molar-refractivity contribution in [2.75, 3.05) is 12.1 Å². The first-order valence-electron chi connectivity index (χ1n) is 5.56. The number of ether oxygens (including phenoxy) is 2. The Morgan fingerprint density at radius 1 is 1.22 bits per heavy atom. The van der Waals surface area contributed by atoms with E-state index in [1.165, 1.54) is 0 Å². The molecule has 0 atom stereocenters. The van der Waals surface area contributed by atoms with Crippen LogP contribution in [0.3, 0.4) is 0 Å². The molecule has 1 aromatic heterocycles. The molecule has 0 saturated carbocycles. The van der Waals surface area contributed by atoms with Crippen LogP contribution >= 0.6 is 15.9 Å². The summed E-state index contributed by atoms with van der Waals surface area (Å²) in [5.74, 6) is 1.64. The minimum atomic E-state index is 0.298. The van der Waals surface area contributed by atoms with Gasteiger partial charge in [0.2, 0.25) is 6.79 Å². The molecule has 0 aliphatic carbocycles. The number of anilines is 1. The standard InChI is InChI=1S/C13H11BrN2O2/c14-12-5-4-10(7-16-12)15-6-9-2-1-3-11-13(9)18-8-17-11/h1-5,7,15H,6,8H2. The summed E-state index contributed by atoms with van der Waals surface area (Å²) in [5, 5.41) is 3.30. The lowest BCUT2D eigenvalue weighted by atomic mass is 10.2. The van der Waals surface area contributed by atoms with Crippen LogP contribution in [0.15, 0.2) is 41.1 Å². The molecule has 18 heavy (non-hydrogen) atoms. The van der Waals surface area contributed by atoms with E-state index in [2.05, 4.69) is 26.2 Å². The van der Waals surface area contributed by atoms with E-state index in [-0.39, 0.29) is 0 Å². The number of para-hydroxylation sites is 1. The van der Waals surface area contributed by atoms with Gasteiger partial charge >= 0.3 is 0 Å². The van der Waals surface area contributed by atoms with Crippen LogP contribution in [0.4, 0.5) is 5.69 Å². The molecule has 0 amide bonds. The first-order valence-corrected chi connectivity index (χ1v) is 6.35. The summed E-state index contributed by atoms with van der Waals surface area (Å²) in [6.45, 7) is 0.974. The van der Waals surface area contributed by atoms with Crippen LogP contribution in [0.5, 0.6) is 11.5 Å². The number of aromatic nitrogens is 1. The predicted octanol–water partition coefficient (Wildman–Crippen LogP) is 3.18. The average molecular weight is 307 g/mol. The monoisotopic (exact) mass is 306 g/mol. The second-order valence-electron chi connectivity index (χ2n) is 3.87. The fourth-order valence-electron chi connectivity index (χ4n) is 1.81. The Kier molecular flexibility index (Phi) is 3.06. The highest BCUT2D eigenvalue weighted by Crippen LogP contribution is 2.35. The van der Waals surface area contributed by atoms with Gasteiger partial charge < -0.3 is 14.8 Å². The summed E-state index contributed by atoms with van der Waals surface area (Å²) >= 11 is 3.31. The van der Waals surface area contributed by atoms with E-state index in [0.29, 0.717) is 13.3 Å².